The number of carbonyl (C=O) groups is 3. The second-order valence-electron chi connectivity index (χ2n) is 10.3. The van der Waals surface area contributed by atoms with E-state index >= 15 is 0 Å². The Balaban J connectivity index is 1.72. The minimum Gasteiger partial charge on any atom is -0.456 e. The number of ketones is 1. The Morgan fingerprint density at radius 1 is 1.07 bits per heavy atom. The molecule has 1 aliphatic carbocycles. The summed E-state index contributed by atoms with van der Waals surface area (Å²) in [6, 6.07) is 0.766. The first-order valence-corrected chi connectivity index (χ1v) is 13.5. The van der Waals surface area contributed by atoms with Crippen molar-refractivity contribution in [3.8, 4) is 5.75 Å². The van der Waals surface area contributed by atoms with E-state index in [9.17, 15) is 44.8 Å². The molecule has 0 bridgehead atoms. The summed E-state index contributed by atoms with van der Waals surface area (Å²) in [6.45, 7) is 0.358. The Bertz CT molecular complexity index is 1240. The molecule has 2 aliphatic rings. The van der Waals surface area contributed by atoms with Crippen LogP contribution >= 0.6 is 0 Å². The molecule has 16 heteroatoms. The van der Waals surface area contributed by atoms with Crippen LogP contribution in [0, 0.1) is 5.92 Å². The first kappa shape index (κ1) is 31.5. The van der Waals surface area contributed by atoms with E-state index in [4.69, 9.17) is 9.47 Å². The zero-order chi connectivity index (χ0) is 30.0. The van der Waals surface area contributed by atoms with Gasteiger partial charge in [-0.3, -0.25) is 9.69 Å². The van der Waals surface area contributed by atoms with E-state index in [-0.39, 0.29) is 42.5 Å². The lowest BCUT2D eigenvalue weighted by Crippen LogP contribution is -2.44. The molecule has 224 valence electrons. The predicted octanol–water partition coefficient (Wildman–Crippen LogP) is 3.99. The summed E-state index contributed by atoms with van der Waals surface area (Å²) in [5, 5.41) is 0. The molecule has 40 heavy (non-hydrogen) atoms. The number of ether oxygens (including phenoxy) is 3. The molecule has 0 aromatic heterocycles. The van der Waals surface area contributed by atoms with E-state index in [1.54, 1.807) is 20.8 Å². The lowest BCUT2D eigenvalue weighted by Gasteiger charge is -2.27. The quantitative estimate of drug-likeness (QED) is 0.136. The molecule has 0 N–H and O–H groups in total. The summed E-state index contributed by atoms with van der Waals surface area (Å²) < 4.78 is 105. The molecule has 1 aromatic rings. The van der Waals surface area contributed by atoms with Gasteiger partial charge in [0.25, 0.3) is 0 Å². The molecule has 1 fully saturated rings. The monoisotopic (exact) mass is 601 g/mol. The van der Waals surface area contributed by atoms with Crippen molar-refractivity contribution in [1.82, 2.24) is 4.90 Å². The molecule has 1 amide bonds. The van der Waals surface area contributed by atoms with Gasteiger partial charge in [0.15, 0.2) is 6.61 Å². The van der Waals surface area contributed by atoms with Crippen LogP contribution in [0.2, 0.25) is 0 Å². The highest BCUT2D eigenvalue weighted by Crippen LogP contribution is 2.36. The van der Waals surface area contributed by atoms with Gasteiger partial charge in [0.1, 0.15) is 17.4 Å². The lowest BCUT2D eigenvalue weighted by molar-refractivity contribution is -0.147. The van der Waals surface area contributed by atoms with E-state index in [1.807, 2.05) is 0 Å². The van der Waals surface area contributed by atoms with E-state index < -0.39 is 76.6 Å². The van der Waals surface area contributed by atoms with Gasteiger partial charge in [0.05, 0.1) is 6.61 Å². The van der Waals surface area contributed by atoms with Crippen molar-refractivity contribution >= 4 is 28.0 Å². The molecule has 2 atom stereocenters. The lowest BCUT2D eigenvalue weighted by atomic mass is 9.99. The molecular formula is C24H28F5NO9S. The van der Waals surface area contributed by atoms with E-state index in [0.717, 1.165) is 17.0 Å². The summed E-state index contributed by atoms with van der Waals surface area (Å²) in [7, 11) is -5.92. The summed E-state index contributed by atoms with van der Waals surface area (Å²) in [6.07, 6.45) is -0.157. The molecule has 10 nitrogen and oxygen atoms in total. The molecule has 1 saturated heterocycles. The maximum absolute atomic E-state index is 12.9. The second kappa shape index (κ2) is 11.8. The van der Waals surface area contributed by atoms with Gasteiger partial charge in [0.2, 0.25) is 5.78 Å². The highest BCUT2D eigenvalue weighted by atomic mass is 32.2. The third-order valence-electron chi connectivity index (χ3n) is 6.12. The van der Waals surface area contributed by atoms with Gasteiger partial charge in [-0.25, -0.2) is 9.59 Å². The molecule has 0 radical (unpaired) electrons. The van der Waals surface area contributed by atoms with Crippen LogP contribution in [0.25, 0.3) is 0 Å². The van der Waals surface area contributed by atoms with Gasteiger partial charge in [-0.2, -0.15) is 30.4 Å². The highest BCUT2D eigenvalue weighted by Gasteiger charge is 2.49. The summed E-state index contributed by atoms with van der Waals surface area (Å²) >= 11 is 0. The molecule has 0 unspecified atom stereocenters. The van der Waals surface area contributed by atoms with Crippen molar-refractivity contribution in [1.29, 1.82) is 0 Å². The second-order valence-corrected chi connectivity index (χ2v) is 11.8. The van der Waals surface area contributed by atoms with Crippen LogP contribution in [-0.4, -0.2) is 74.7 Å². The zero-order valence-corrected chi connectivity index (χ0v) is 22.6. The molecule has 1 aliphatic heterocycles. The maximum Gasteiger partial charge on any atom is 0.534 e. The van der Waals surface area contributed by atoms with Crippen LogP contribution in [0.3, 0.4) is 0 Å². The Morgan fingerprint density at radius 2 is 1.73 bits per heavy atom. The Kier molecular flexibility index (Phi) is 9.33. The van der Waals surface area contributed by atoms with Crippen molar-refractivity contribution in [2.45, 2.75) is 70.2 Å². The molecule has 0 saturated carbocycles. The fraction of sp³-hybridized carbons (Fsp3) is 0.625. The van der Waals surface area contributed by atoms with E-state index in [1.165, 1.54) is 0 Å². The van der Waals surface area contributed by atoms with Crippen LogP contribution in [0.1, 0.15) is 55.1 Å². The van der Waals surface area contributed by atoms with Crippen molar-refractivity contribution < 1.29 is 63.1 Å². The normalized spacial score (nSPS) is 19.5. The minimum atomic E-state index is -5.92. The summed E-state index contributed by atoms with van der Waals surface area (Å²) in [4.78, 5) is 39.4. The zero-order valence-electron chi connectivity index (χ0n) is 21.8. The van der Waals surface area contributed by atoms with Gasteiger partial charge in [-0.05, 0) is 69.7 Å². The molecule has 0 spiro atoms. The number of rotatable bonds is 9. The molecule has 3 rings (SSSR count). The number of carbonyl (C=O) groups excluding carboxylic acids is 3. The van der Waals surface area contributed by atoms with Gasteiger partial charge in [0, 0.05) is 18.0 Å². The van der Waals surface area contributed by atoms with Gasteiger partial charge < -0.3 is 18.4 Å². The van der Waals surface area contributed by atoms with Crippen molar-refractivity contribution in [3.63, 3.8) is 0 Å². The minimum absolute atomic E-state index is 0.00990. The number of hydrogen-bond acceptors (Lipinski definition) is 9. The number of alkyl halides is 5. The fourth-order valence-electron chi connectivity index (χ4n) is 4.49. The Morgan fingerprint density at radius 3 is 2.33 bits per heavy atom. The van der Waals surface area contributed by atoms with Crippen LogP contribution in [-0.2, 0) is 42.0 Å². The molecule has 1 heterocycles. The predicted molar refractivity (Wildman–Crippen MR) is 126 cm³/mol. The van der Waals surface area contributed by atoms with Gasteiger partial charge in [-0.15, -0.1) is 0 Å². The van der Waals surface area contributed by atoms with Crippen molar-refractivity contribution in [2.75, 3.05) is 19.8 Å². The van der Waals surface area contributed by atoms with Crippen LogP contribution in [0.5, 0.6) is 5.75 Å². The average Bonchev–Trinajstić information content (AvgIpc) is 3.47. The number of nitrogens with zero attached hydrogens (tertiary/aromatic N) is 1. The number of fused-ring (bicyclic) bond motifs is 1. The van der Waals surface area contributed by atoms with Gasteiger partial charge >= 0.3 is 34.3 Å². The van der Waals surface area contributed by atoms with Crippen LogP contribution in [0.15, 0.2) is 12.1 Å². The van der Waals surface area contributed by atoms with Crippen molar-refractivity contribution in [2.24, 2.45) is 5.92 Å². The summed E-state index contributed by atoms with van der Waals surface area (Å²) in [5.74, 6) is -2.91. The molecule has 1 aromatic carbocycles. The van der Waals surface area contributed by atoms with Crippen molar-refractivity contribution in [3.05, 3.63) is 28.8 Å². The van der Waals surface area contributed by atoms with Crippen LogP contribution < -0.4 is 4.18 Å². The first-order chi connectivity index (χ1) is 18.4. The standard InChI is InChI=1S/C24H28F5NO9S/c1-23(2,3)38-22(33)30-10-13(11-37-21(25)26)9-17(30)20(32)36-12-18(31)15-7-8-19(16-6-4-5-14(15)16)39-40(34,35)24(27,28)29/h7-8,13,17,21H,4-6,9-12H2,1-3H3/t13-,17-/m0/s1. The third-order valence-corrected chi connectivity index (χ3v) is 7.08. The SMILES string of the molecule is CC(C)(C)OC(=O)N1C[C@@H](COC(F)F)C[C@H]1C(=O)OCC(=O)c1ccc(OS(=O)(=O)C(F)(F)F)c2c1CCC2. The maximum atomic E-state index is 12.9. The number of benzene rings is 1. The molecular weight excluding hydrogens is 573 g/mol. The highest BCUT2D eigenvalue weighted by molar-refractivity contribution is 7.88. The number of amides is 1. The number of hydrogen-bond donors (Lipinski definition) is 0. The fourth-order valence-corrected chi connectivity index (χ4v) is 4.97. The largest absolute Gasteiger partial charge is 0.534 e. The summed E-state index contributed by atoms with van der Waals surface area (Å²) in [5.41, 5.74) is -6.15. The number of halogens is 5. The van der Waals surface area contributed by atoms with Gasteiger partial charge in [-0.1, -0.05) is 0 Å². The van der Waals surface area contributed by atoms with Crippen LogP contribution in [0.4, 0.5) is 26.7 Å². The number of likely N-dealkylation sites (tertiary alicyclic amines) is 1. The first-order valence-electron chi connectivity index (χ1n) is 12.1. The Hall–Kier alpha value is -3.01. The van der Waals surface area contributed by atoms with E-state index in [0.29, 0.717) is 6.42 Å². The Labute approximate surface area is 226 Å². The number of esters is 1. The number of Topliss-reactive ketones (excluding diaryl/α,β-unsaturated/α-hetero) is 1. The third kappa shape index (κ3) is 7.59. The average molecular weight is 602 g/mol. The van der Waals surface area contributed by atoms with E-state index in [2.05, 4.69) is 8.92 Å². The topological polar surface area (TPSA) is 126 Å². The smallest absolute Gasteiger partial charge is 0.456 e.